The molecular weight excluding hydrogens is 1010 g/mol. The van der Waals surface area contributed by atoms with Gasteiger partial charge in [0.25, 0.3) is 0 Å². The summed E-state index contributed by atoms with van der Waals surface area (Å²) >= 11 is 0. The molecule has 1 rings (SSSR count). The number of ether oxygens (including phenoxy) is 3. The summed E-state index contributed by atoms with van der Waals surface area (Å²) in [5, 5.41) is 57.1. The van der Waals surface area contributed by atoms with Crippen molar-refractivity contribution < 1.29 is 49.3 Å². The van der Waals surface area contributed by atoms with Crippen LogP contribution in [0.3, 0.4) is 0 Å². The predicted molar refractivity (Wildman–Crippen MR) is 338 cm³/mol. The van der Waals surface area contributed by atoms with E-state index in [4.69, 9.17) is 14.2 Å². The topological polar surface area (TPSA) is 175 Å². The first-order valence-corrected chi connectivity index (χ1v) is 34.4. The highest BCUT2D eigenvalue weighted by Crippen LogP contribution is 2.26. The molecule has 1 heterocycles. The second-order valence-corrected chi connectivity index (χ2v) is 23.9. The highest BCUT2D eigenvalue weighted by atomic mass is 16.7. The van der Waals surface area contributed by atoms with Crippen molar-refractivity contribution in [3.05, 3.63) is 48.6 Å². The van der Waals surface area contributed by atoms with Gasteiger partial charge in [-0.25, -0.2) is 0 Å². The highest BCUT2D eigenvalue weighted by molar-refractivity contribution is 5.80. The van der Waals surface area contributed by atoms with E-state index >= 15 is 0 Å². The summed E-state index contributed by atoms with van der Waals surface area (Å²) in [7, 11) is 0. The van der Waals surface area contributed by atoms with Crippen LogP contribution in [0.4, 0.5) is 0 Å². The Labute approximate surface area is 497 Å². The second-order valence-electron chi connectivity index (χ2n) is 23.9. The molecule has 0 saturated carbocycles. The third kappa shape index (κ3) is 45.6. The zero-order chi connectivity index (χ0) is 58.9. The molecule has 8 unspecified atom stereocenters. The van der Waals surface area contributed by atoms with Crippen LogP contribution in [0.2, 0.25) is 0 Å². The third-order valence-corrected chi connectivity index (χ3v) is 16.2. The van der Waals surface area contributed by atoms with Gasteiger partial charge in [-0.05, 0) is 57.8 Å². The molecule has 81 heavy (non-hydrogen) atoms. The maximum absolute atomic E-state index is 13.5. The maximum Gasteiger partial charge on any atom is 0.306 e. The van der Waals surface area contributed by atoms with Crippen LogP contribution < -0.4 is 5.32 Å². The van der Waals surface area contributed by atoms with E-state index in [9.17, 15) is 35.1 Å². The summed E-state index contributed by atoms with van der Waals surface area (Å²) in [6.07, 6.45) is 61.8. The summed E-state index contributed by atoms with van der Waals surface area (Å²) in [4.78, 5) is 26.6. The van der Waals surface area contributed by atoms with E-state index in [1.165, 1.54) is 193 Å². The van der Waals surface area contributed by atoms with Crippen molar-refractivity contribution in [1.82, 2.24) is 5.32 Å². The van der Waals surface area contributed by atoms with Crippen molar-refractivity contribution >= 4 is 11.9 Å². The lowest BCUT2D eigenvalue weighted by Crippen LogP contribution is -2.61. The molecule has 0 aromatic heterocycles. The minimum atomic E-state index is -1.62. The van der Waals surface area contributed by atoms with Crippen LogP contribution in [-0.2, 0) is 23.8 Å². The molecule has 0 aromatic carbocycles. The molecule has 0 spiro atoms. The lowest BCUT2D eigenvalue weighted by Gasteiger charge is -2.41. The molecule has 0 aliphatic carbocycles. The summed E-state index contributed by atoms with van der Waals surface area (Å²) in [6.45, 7) is 5.70. The molecular formula is C70H129NO10. The van der Waals surface area contributed by atoms with Crippen LogP contribution in [0.25, 0.3) is 0 Å². The molecule has 1 aliphatic rings. The van der Waals surface area contributed by atoms with Gasteiger partial charge in [0.15, 0.2) is 12.4 Å². The average Bonchev–Trinajstić information content (AvgIpc) is 3.53. The van der Waals surface area contributed by atoms with Crippen LogP contribution in [0.1, 0.15) is 323 Å². The van der Waals surface area contributed by atoms with Crippen molar-refractivity contribution in [2.24, 2.45) is 0 Å². The summed E-state index contributed by atoms with van der Waals surface area (Å²) in [5.41, 5.74) is 0. The van der Waals surface area contributed by atoms with E-state index in [0.29, 0.717) is 19.3 Å². The van der Waals surface area contributed by atoms with E-state index in [1.807, 2.05) is 6.08 Å². The van der Waals surface area contributed by atoms with Crippen molar-refractivity contribution in [1.29, 1.82) is 0 Å². The van der Waals surface area contributed by atoms with Crippen molar-refractivity contribution in [3.63, 3.8) is 0 Å². The largest absolute Gasteiger partial charge is 0.454 e. The Morgan fingerprint density at radius 1 is 0.494 bits per heavy atom. The monoisotopic (exact) mass is 1140 g/mol. The quantitative estimate of drug-likeness (QED) is 0.0195. The molecule has 0 aromatic rings. The van der Waals surface area contributed by atoms with E-state index in [-0.39, 0.29) is 13.0 Å². The zero-order valence-corrected chi connectivity index (χ0v) is 52.7. The molecule has 1 saturated heterocycles. The van der Waals surface area contributed by atoms with Gasteiger partial charge in [0.2, 0.25) is 5.91 Å². The fraction of sp³-hybridized carbons (Fsp3) is 0.857. The van der Waals surface area contributed by atoms with Gasteiger partial charge < -0.3 is 45.1 Å². The van der Waals surface area contributed by atoms with E-state index in [1.54, 1.807) is 6.08 Å². The van der Waals surface area contributed by atoms with Crippen LogP contribution in [0, 0.1) is 0 Å². The first-order valence-electron chi connectivity index (χ1n) is 34.4. The zero-order valence-electron chi connectivity index (χ0n) is 52.7. The van der Waals surface area contributed by atoms with Crippen LogP contribution in [-0.4, -0.2) is 99.6 Å². The molecule has 0 bridgehead atoms. The first-order chi connectivity index (χ1) is 39.7. The van der Waals surface area contributed by atoms with Gasteiger partial charge in [-0.1, -0.05) is 307 Å². The minimum absolute atomic E-state index is 0.0986. The van der Waals surface area contributed by atoms with Gasteiger partial charge in [-0.2, -0.15) is 0 Å². The number of carbonyl (C=O) groups is 2. The summed E-state index contributed by atoms with van der Waals surface area (Å²) in [6, 6.07) is -1.03. The van der Waals surface area contributed by atoms with Gasteiger partial charge in [0, 0.05) is 6.42 Å². The number of allylic oxidation sites excluding steroid dienone is 7. The average molecular weight is 1140 g/mol. The molecule has 8 atom stereocenters. The molecule has 1 aliphatic heterocycles. The molecule has 11 nitrogen and oxygen atoms in total. The molecule has 1 amide bonds. The number of hydrogen-bond donors (Lipinski definition) is 6. The lowest BCUT2D eigenvalue weighted by atomic mass is 9.99. The summed E-state index contributed by atoms with van der Waals surface area (Å²) < 4.78 is 17.6. The van der Waals surface area contributed by atoms with Crippen molar-refractivity contribution in [2.75, 3.05) is 13.2 Å². The SMILES string of the molecule is CC/C=C/C/C=C/C/C=C/CCCCCCC(=O)OC1C(OCC(NC(=O)C(O)CCCCCCCCCCCCCCCCCCCCCCCCCCCC)C(O)/C=C/CCCCCCCCCCCC)OC(CO)C(O)C1O. The Balaban J connectivity index is 2.55. The fourth-order valence-electron chi connectivity index (χ4n) is 10.8. The molecule has 11 heteroatoms. The maximum atomic E-state index is 13.5. The Hall–Kier alpha value is -2.38. The number of unbranched alkanes of at least 4 members (excludes halogenated alkanes) is 39. The second kappa shape index (κ2) is 58.0. The molecule has 6 N–H and O–H groups in total. The van der Waals surface area contributed by atoms with Gasteiger partial charge >= 0.3 is 5.97 Å². The molecule has 1 fully saturated rings. The van der Waals surface area contributed by atoms with Crippen LogP contribution >= 0.6 is 0 Å². The number of nitrogens with one attached hydrogen (secondary N) is 1. The van der Waals surface area contributed by atoms with Crippen molar-refractivity contribution in [3.8, 4) is 0 Å². The van der Waals surface area contributed by atoms with Crippen molar-refractivity contribution in [2.45, 2.75) is 372 Å². The number of hydrogen-bond acceptors (Lipinski definition) is 10. The lowest BCUT2D eigenvalue weighted by molar-refractivity contribution is -0.305. The van der Waals surface area contributed by atoms with Gasteiger partial charge in [-0.3, -0.25) is 9.59 Å². The minimum Gasteiger partial charge on any atom is -0.454 e. The Morgan fingerprint density at radius 2 is 0.889 bits per heavy atom. The number of esters is 1. The first kappa shape index (κ1) is 76.6. The number of aliphatic hydroxyl groups excluding tert-OH is 5. The van der Waals surface area contributed by atoms with Gasteiger partial charge in [-0.15, -0.1) is 0 Å². The summed E-state index contributed by atoms with van der Waals surface area (Å²) in [5.74, 6) is -1.21. The Morgan fingerprint density at radius 3 is 1.33 bits per heavy atom. The number of rotatable bonds is 59. The Kier molecular flexibility index (Phi) is 54.9. The highest BCUT2D eigenvalue weighted by Gasteiger charge is 2.47. The number of aliphatic hydroxyl groups is 5. The van der Waals surface area contributed by atoms with Crippen LogP contribution in [0.5, 0.6) is 0 Å². The standard InChI is InChI=1S/C70H129NO10/c1-4-7-10-13-16-19-22-25-27-28-29-30-31-32-33-34-35-36-37-38-39-42-45-48-51-54-57-63(74)69(78)71-61(62(73)56-53-50-47-44-41-24-21-18-15-12-9-6-3)60-79-70-68(67(77)66(76)64(59-72)80-70)81-65(75)58-55-52-49-46-43-40-26-23-20-17-14-11-8-5-2/h8,11,17,20,26,40,53,56,61-64,66-68,70,72-74,76-77H,4-7,9-10,12-16,18-19,21-25,27-39,41-52,54-55,57-60H2,1-3H3,(H,71,78)/b11-8+,20-17+,40-26+,56-53+. The number of carbonyl (C=O) groups excluding carboxylic acids is 2. The van der Waals surface area contributed by atoms with Crippen LogP contribution in [0.15, 0.2) is 48.6 Å². The molecule has 474 valence electrons. The van der Waals surface area contributed by atoms with E-state index in [0.717, 1.165) is 83.5 Å². The fourth-order valence-corrected chi connectivity index (χ4v) is 10.8. The third-order valence-electron chi connectivity index (χ3n) is 16.2. The van der Waals surface area contributed by atoms with E-state index in [2.05, 4.69) is 62.5 Å². The number of amides is 1. The smallest absolute Gasteiger partial charge is 0.306 e. The normalized spacial score (nSPS) is 18.9. The van der Waals surface area contributed by atoms with E-state index < -0.39 is 67.4 Å². The van der Waals surface area contributed by atoms with Gasteiger partial charge in [0.05, 0.1) is 25.4 Å². The van der Waals surface area contributed by atoms with Gasteiger partial charge in [0.1, 0.15) is 24.4 Å². The molecule has 0 radical (unpaired) electrons. The Bertz CT molecular complexity index is 1500. The predicted octanol–water partition coefficient (Wildman–Crippen LogP) is 17.2.